The average Bonchev–Trinajstić information content (AvgIpc) is 2.75. The molecule has 3 aliphatic heterocycles. The Labute approximate surface area is 113 Å². The monoisotopic (exact) mass is 284 g/mol. The summed E-state index contributed by atoms with van der Waals surface area (Å²) < 4.78 is 38.3. The minimum absolute atomic E-state index is 0.0220. The van der Waals surface area contributed by atoms with E-state index >= 15 is 0 Å². The highest BCUT2D eigenvalue weighted by molar-refractivity contribution is 5.10. The SMILES string of the molecule is CC1(C)OC2[C@H]3O[C@](F)(COc4nc(=O)ccn43)[C@@H]2O1. The van der Waals surface area contributed by atoms with E-state index in [1.165, 1.54) is 16.8 Å². The maximum absolute atomic E-state index is 14.9. The lowest BCUT2D eigenvalue weighted by Crippen LogP contribution is -2.44. The summed E-state index contributed by atoms with van der Waals surface area (Å²) in [5.41, 5.74) is -0.456. The van der Waals surface area contributed by atoms with E-state index in [1.807, 2.05) is 0 Å². The predicted molar refractivity (Wildman–Crippen MR) is 61.8 cm³/mol. The lowest BCUT2D eigenvalue weighted by Gasteiger charge is -2.25. The molecule has 2 fully saturated rings. The zero-order chi connectivity index (χ0) is 14.1. The Morgan fingerprint density at radius 1 is 1.40 bits per heavy atom. The summed E-state index contributed by atoms with van der Waals surface area (Å²) in [4.78, 5) is 15.0. The maximum atomic E-state index is 14.9. The van der Waals surface area contributed by atoms with Crippen LogP contribution in [0.3, 0.4) is 0 Å². The molecule has 4 atom stereocenters. The van der Waals surface area contributed by atoms with Gasteiger partial charge < -0.3 is 18.9 Å². The molecule has 108 valence electrons. The number of hydrogen-bond acceptors (Lipinski definition) is 6. The molecule has 4 rings (SSSR count). The second kappa shape index (κ2) is 3.57. The average molecular weight is 284 g/mol. The van der Waals surface area contributed by atoms with Gasteiger partial charge in [0.25, 0.3) is 11.4 Å². The first-order chi connectivity index (χ1) is 9.38. The zero-order valence-electron chi connectivity index (χ0n) is 10.9. The van der Waals surface area contributed by atoms with Crippen LogP contribution < -0.4 is 10.3 Å². The molecule has 2 saturated heterocycles. The highest BCUT2D eigenvalue weighted by Crippen LogP contribution is 2.50. The molecule has 1 aromatic heterocycles. The minimum atomic E-state index is -2.13. The molecule has 0 N–H and O–H groups in total. The van der Waals surface area contributed by atoms with Crippen LogP contribution in [0.25, 0.3) is 0 Å². The fourth-order valence-electron chi connectivity index (χ4n) is 2.86. The van der Waals surface area contributed by atoms with Crippen LogP contribution in [0.15, 0.2) is 17.1 Å². The third kappa shape index (κ3) is 1.55. The molecule has 0 amide bonds. The van der Waals surface area contributed by atoms with Crippen molar-refractivity contribution >= 4 is 0 Å². The van der Waals surface area contributed by atoms with E-state index in [0.29, 0.717) is 0 Å². The van der Waals surface area contributed by atoms with Gasteiger partial charge in [-0.2, -0.15) is 4.98 Å². The topological polar surface area (TPSA) is 71.8 Å². The van der Waals surface area contributed by atoms with Gasteiger partial charge in [-0.15, -0.1) is 0 Å². The second-order valence-corrected chi connectivity index (χ2v) is 5.56. The first kappa shape index (κ1) is 12.2. The Morgan fingerprint density at radius 2 is 2.20 bits per heavy atom. The van der Waals surface area contributed by atoms with Gasteiger partial charge in [-0.1, -0.05) is 0 Å². The molecule has 1 unspecified atom stereocenters. The van der Waals surface area contributed by atoms with Crippen molar-refractivity contribution in [2.75, 3.05) is 6.61 Å². The molecule has 1 aromatic rings. The summed E-state index contributed by atoms with van der Waals surface area (Å²) in [6.45, 7) is 3.03. The molecule has 4 heterocycles. The van der Waals surface area contributed by atoms with E-state index in [4.69, 9.17) is 18.9 Å². The molecule has 20 heavy (non-hydrogen) atoms. The van der Waals surface area contributed by atoms with Crippen LogP contribution in [0.1, 0.15) is 20.1 Å². The Hall–Kier alpha value is -1.51. The van der Waals surface area contributed by atoms with E-state index in [2.05, 4.69) is 4.98 Å². The van der Waals surface area contributed by atoms with Gasteiger partial charge in [0, 0.05) is 12.3 Å². The molecule has 0 aliphatic carbocycles. The fraction of sp³-hybridized carbons (Fsp3) is 0.667. The van der Waals surface area contributed by atoms with Crippen molar-refractivity contribution < 1.29 is 23.3 Å². The number of ether oxygens (including phenoxy) is 4. The fourth-order valence-corrected chi connectivity index (χ4v) is 2.86. The van der Waals surface area contributed by atoms with E-state index in [0.717, 1.165) is 0 Å². The van der Waals surface area contributed by atoms with Gasteiger partial charge in [0.2, 0.25) is 0 Å². The zero-order valence-corrected chi connectivity index (χ0v) is 10.9. The second-order valence-electron chi connectivity index (χ2n) is 5.56. The Kier molecular flexibility index (Phi) is 2.19. The van der Waals surface area contributed by atoms with Crippen molar-refractivity contribution in [3.8, 4) is 6.01 Å². The quantitative estimate of drug-likeness (QED) is 0.684. The van der Waals surface area contributed by atoms with Crippen molar-refractivity contribution in [3.63, 3.8) is 0 Å². The van der Waals surface area contributed by atoms with Crippen LogP contribution in [-0.2, 0) is 14.2 Å². The number of alkyl halides is 1. The number of halogens is 1. The van der Waals surface area contributed by atoms with Crippen molar-refractivity contribution in [3.05, 3.63) is 22.6 Å². The van der Waals surface area contributed by atoms with Crippen LogP contribution >= 0.6 is 0 Å². The summed E-state index contributed by atoms with van der Waals surface area (Å²) in [5, 5.41) is 0. The van der Waals surface area contributed by atoms with Gasteiger partial charge in [0.1, 0.15) is 6.10 Å². The summed E-state index contributed by atoms with van der Waals surface area (Å²) >= 11 is 0. The van der Waals surface area contributed by atoms with Crippen LogP contribution in [-0.4, -0.2) is 40.0 Å². The van der Waals surface area contributed by atoms with E-state index in [9.17, 15) is 9.18 Å². The summed E-state index contributed by atoms with van der Waals surface area (Å²) in [5.74, 6) is -3.02. The molecular weight excluding hydrogens is 271 g/mol. The van der Waals surface area contributed by atoms with Crippen LogP contribution in [0, 0.1) is 0 Å². The third-order valence-corrected chi connectivity index (χ3v) is 3.63. The van der Waals surface area contributed by atoms with Crippen molar-refractivity contribution in [1.29, 1.82) is 0 Å². The lowest BCUT2D eigenvalue weighted by molar-refractivity contribution is -0.256. The minimum Gasteiger partial charge on any atom is -0.458 e. The molecule has 7 nitrogen and oxygen atoms in total. The van der Waals surface area contributed by atoms with Crippen LogP contribution in [0.4, 0.5) is 4.39 Å². The van der Waals surface area contributed by atoms with Gasteiger partial charge in [-0.25, -0.2) is 4.39 Å². The van der Waals surface area contributed by atoms with Gasteiger partial charge in [-0.3, -0.25) is 9.36 Å². The Balaban J connectivity index is 1.83. The maximum Gasteiger partial charge on any atom is 0.302 e. The number of nitrogens with zero attached hydrogens (tertiary/aromatic N) is 2. The molecule has 0 radical (unpaired) electrons. The smallest absolute Gasteiger partial charge is 0.302 e. The Bertz CT molecular complexity index is 633. The standard InChI is InChI=1S/C12H13FN2O5/c1-11(2)18-7-8(19-11)12(13)5-17-10-14-6(16)3-4-15(10)9(7)20-12/h3-4,7-9H,5H2,1-2H3/t7?,8-,9-,12-/m1/s1. The molecule has 8 heteroatoms. The third-order valence-electron chi connectivity index (χ3n) is 3.63. The number of hydrogen-bond donors (Lipinski definition) is 0. The van der Waals surface area contributed by atoms with E-state index in [-0.39, 0.29) is 6.01 Å². The molecule has 0 saturated carbocycles. The first-order valence-corrected chi connectivity index (χ1v) is 6.32. The van der Waals surface area contributed by atoms with Gasteiger partial charge in [-0.05, 0) is 13.8 Å². The first-order valence-electron chi connectivity index (χ1n) is 6.32. The van der Waals surface area contributed by atoms with Gasteiger partial charge in [0.05, 0.1) is 0 Å². The van der Waals surface area contributed by atoms with Gasteiger partial charge >= 0.3 is 6.01 Å². The molecule has 2 bridgehead atoms. The van der Waals surface area contributed by atoms with Crippen LogP contribution in [0.5, 0.6) is 6.01 Å². The van der Waals surface area contributed by atoms with Crippen molar-refractivity contribution in [2.45, 2.75) is 43.9 Å². The predicted octanol–water partition coefficient (Wildman–Crippen LogP) is 0.350. The number of aromatic nitrogens is 2. The van der Waals surface area contributed by atoms with E-state index in [1.54, 1.807) is 13.8 Å². The molecule has 3 aliphatic rings. The molecule has 0 aromatic carbocycles. The molecular formula is C12H13FN2O5. The number of fused-ring (bicyclic) bond motifs is 7. The Morgan fingerprint density at radius 3 is 3.00 bits per heavy atom. The highest BCUT2D eigenvalue weighted by atomic mass is 19.2. The normalized spacial score (nSPS) is 40.6. The van der Waals surface area contributed by atoms with Crippen molar-refractivity contribution in [2.24, 2.45) is 0 Å². The summed E-state index contributed by atoms with van der Waals surface area (Å²) in [6, 6.07) is 1.28. The van der Waals surface area contributed by atoms with Gasteiger partial charge in [0.15, 0.2) is 24.7 Å². The highest BCUT2D eigenvalue weighted by Gasteiger charge is 2.66. The lowest BCUT2D eigenvalue weighted by atomic mass is 10.1. The largest absolute Gasteiger partial charge is 0.458 e. The molecule has 0 spiro atoms. The summed E-state index contributed by atoms with van der Waals surface area (Å²) in [7, 11) is 0. The van der Waals surface area contributed by atoms with Crippen molar-refractivity contribution in [1.82, 2.24) is 9.55 Å². The number of rotatable bonds is 0. The van der Waals surface area contributed by atoms with E-state index < -0.39 is 42.2 Å². The summed E-state index contributed by atoms with van der Waals surface area (Å²) in [6.07, 6.45) is -0.826. The van der Waals surface area contributed by atoms with Crippen LogP contribution in [0.2, 0.25) is 0 Å².